The van der Waals surface area contributed by atoms with Crippen molar-refractivity contribution in [1.29, 1.82) is 5.26 Å². The van der Waals surface area contributed by atoms with E-state index in [9.17, 15) is 18.4 Å². The third-order valence-corrected chi connectivity index (χ3v) is 5.81. The van der Waals surface area contributed by atoms with Gasteiger partial charge in [-0.15, -0.1) is 0 Å². The molecule has 0 aliphatic carbocycles. The Labute approximate surface area is 180 Å². The van der Waals surface area contributed by atoms with Crippen LogP contribution in [0.5, 0.6) is 0 Å². The summed E-state index contributed by atoms with van der Waals surface area (Å²) >= 11 is 12.0. The molecule has 5 nitrogen and oxygen atoms in total. The summed E-state index contributed by atoms with van der Waals surface area (Å²) in [6.45, 7) is -0.329. The van der Waals surface area contributed by atoms with Crippen LogP contribution in [0.4, 0.5) is 13.2 Å². The maximum atomic E-state index is 14.3. The smallest absolute Gasteiger partial charge is 0.309 e. The molecular formula is C20H14Cl2F3N5. The van der Waals surface area contributed by atoms with Gasteiger partial charge in [0.05, 0.1) is 11.3 Å². The van der Waals surface area contributed by atoms with E-state index in [4.69, 9.17) is 23.2 Å². The second-order valence-electron chi connectivity index (χ2n) is 7.10. The lowest BCUT2D eigenvalue weighted by molar-refractivity contribution is -0.185. The Morgan fingerprint density at radius 1 is 1.17 bits per heavy atom. The lowest BCUT2D eigenvalue weighted by atomic mass is 9.77. The molecule has 2 unspecified atom stereocenters. The van der Waals surface area contributed by atoms with E-state index in [1.807, 2.05) is 0 Å². The van der Waals surface area contributed by atoms with Crippen molar-refractivity contribution in [3.8, 4) is 11.8 Å². The van der Waals surface area contributed by atoms with Crippen LogP contribution >= 0.6 is 23.2 Å². The van der Waals surface area contributed by atoms with Crippen molar-refractivity contribution >= 4 is 23.2 Å². The maximum Gasteiger partial charge on any atom is 0.399 e. The van der Waals surface area contributed by atoms with Gasteiger partial charge in [-0.25, -0.2) is 9.67 Å². The Morgan fingerprint density at radius 2 is 1.90 bits per heavy atom. The fourth-order valence-corrected chi connectivity index (χ4v) is 4.37. The van der Waals surface area contributed by atoms with Crippen molar-refractivity contribution in [2.75, 3.05) is 6.54 Å². The van der Waals surface area contributed by atoms with E-state index < -0.39 is 17.6 Å². The molecule has 0 bridgehead atoms. The van der Waals surface area contributed by atoms with Crippen molar-refractivity contribution in [2.24, 2.45) is 0 Å². The topological polar surface area (TPSA) is 66.5 Å². The van der Waals surface area contributed by atoms with Crippen LogP contribution in [0.25, 0.3) is 5.69 Å². The van der Waals surface area contributed by atoms with Gasteiger partial charge in [-0.05, 0) is 47.9 Å². The second kappa shape index (κ2) is 7.58. The van der Waals surface area contributed by atoms with Crippen LogP contribution in [0, 0.1) is 11.3 Å². The molecule has 10 heteroatoms. The molecule has 154 valence electrons. The molecule has 0 radical (unpaired) electrons. The summed E-state index contributed by atoms with van der Waals surface area (Å²) in [5, 5.41) is 16.8. The molecule has 2 heterocycles. The van der Waals surface area contributed by atoms with Crippen molar-refractivity contribution < 1.29 is 13.2 Å². The monoisotopic (exact) mass is 451 g/mol. The molecule has 1 fully saturated rings. The lowest BCUT2D eigenvalue weighted by Crippen LogP contribution is -2.44. The molecule has 0 saturated carbocycles. The fourth-order valence-electron chi connectivity index (χ4n) is 3.85. The van der Waals surface area contributed by atoms with Crippen LogP contribution < -0.4 is 5.32 Å². The van der Waals surface area contributed by atoms with E-state index in [1.54, 1.807) is 18.2 Å². The number of halogens is 5. The molecule has 1 N–H and O–H groups in total. The number of nitrogens with zero attached hydrogens (tertiary/aromatic N) is 4. The first-order valence-corrected chi connectivity index (χ1v) is 9.65. The first-order valence-electron chi connectivity index (χ1n) is 8.89. The van der Waals surface area contributed by atoms with Gasteiger partial charge in [0.15, 0.2) is 0 Å². The highest BCUT2D eigenvalue weighted by Gasteiger charge is 2.59. The number of rotatable bonds is 3. The summed E-state index contributed by atoms with van der Waals surface area (Å²) in [6, 6.07) is 10.4. The van der Waals surface area contributed by atoms with Crippen molar-refractivity contribution in [3.05, 3.63) is 75.8 Å². The number of hydrogen-bond acceptors (Lipinski definition) is 4. The van der Waals surface area contributed by atoms with Crippen LogP contribution in [0.3, 0.4) is 0 Å². The molecule has 1 saturated heterocycles. The van der Waals surface area contributed by atoms with E-state index in [1.165, 1.54) is 35.5 Å². The van der Waals surface area contributed by atoms with Crippen molar-refractivity contribution in [1.82, 2.24) is 20.1 Å². The van der Waals surface area contributed by atoms with Gasteiger partial charge in [0.1, 0.15) is 24.1 Å². The molecule has 2 atom stereocenters. The van der Waals surface area contributed by atoms with Gasteiger partial charge < -0.3 is 5.32 Å². The van der Waals surface area contributed by atoms with E-state index in [0.29, 0.717) is 11.3 Å². The van der Waals surface area contributed by atoms with Crippen LogP contribution in [-0.4, -0.2) is 27.5 Å². The fraction of sp³-hybridized carbons (Fsp3) is 0.250. The number of nitrogens with one attached hydrogen (secondary N) is 1. The maximum absolute atomic E-state index is 14.3. The van der Waals surface area contributed by atoms with Crippen molar-refractivity contribution in [3.63, 3.8) is 0 Å². The summed E-state index contributed by atoms with van der Waals surface area (Å²) in [4.78, 5) is 3.85. The molecule has 0 amide bonds. The Kier molecular flexibility index (Phi) is 5.22. The van der Waals surface area contributed by atoms with Crippen molar-refractivity contribution in [2.45, 2.75) is 24.1 Å². The minimum absolute atomic E-state index is 0.0160. The molecule has 1 aliphatic heterocycles. The standard InChI is InChI=1S/C20H14Cl2F3N5/c21-15-4-14(5-16(22)6-15)19(20(23,24)25)7-17(28-9-19)12-1-2-18(13(3-12)8-26)30-11-27-10-29-30/h1-6,10-11,17,28H,7,9H2. The molecular weight excluding hydrogens is 438 g/mol. The van der Waals surface area contributed by atoms with Gasteiger partial charge in [-0.1, -0.05) is 29.3 Å². The largest absolute Gasteiger partial charge is 0.399 e. The predicted molar refractivity (Wildman–Crippen MR) is 106 cm³/mol. The van der Waals surface area contributed by atoms with Gasteiger partial charge in [0.2, 0.25) is 0 Å². The highest BCUT2D eigenvalue weighted by Crippen LogP contribution is 2.51. The minimum atomic E-state index is -4.53. The van der Waals surface area contributed by atoms with E-state index in [-0.39, 0.29) is 34.1 Å². The summed E-state index contributed by atoms with van der Waals surface area (Å²) in [6.07, 6.45) is -2.00. The number of nitriles is 1. The third-order valence-electron chi connectivity index (χ3n) is 5.37. The van der Waals surface area contributed by atoms with E-state index in [2.05, 4.69) is 21.5 Å². The Bertz CT molecular complexity index is 1100. The number of aromatic nitrogens is 3. The van der Waals surface area contributed by atoms with Gasteiger partial charge >= 0.3 is 6.18 Å². The van der Waals surface area contributed by atoms with Gasteiger partial charge in [-0.3, -0.25) is 0 Å². The third kappa shape index (κ3) is 3.54. The summed E-state index contributed by atoms with van der Waals surface area (Å²) in [5.41, 5.74) is -0.767. The molecule has 1 aromatic heterocycles. The van der Waals surface area contributed by atoms with Gasteiger partial charge in [0, 0.05) is 22.6 Å². The van der Waals surface area contributed by atoms with Crippen LogP contribution in [0.2, 0.25) is 10.0 Å². The Morgan fingerprint density at radius 3 is 2.50 bits per heavy atom. The van der Waals surface area contributed by atoms with E-state index in [0.717, 1.165) is 0 Å². The first-order chi connectivity index (χ1) is 14.2. The number of benzene rings is 2. The van der Waals surface area contributed by atoms with Gasteiger partial charge in [0.25, 0.3) is 0 Å². The molecule has 2 aromatic carbocycles. The highest BCUT2D eigenvalue weighted by molar-refractivity contribution is 6.34. The molecule has 0 spiro atoms. The summed E-state index contributed by atoms with van der Waals surface area (Å²) < 4.78 is 44.2. The molecule has 3 aromatic rings. The van der Waals surface area contributed by atoms with Crippen LogP contribution in [-0.2, 0) is 5.41 Å². The predicted octanol–water partition coefficient (Wildman–Crippen LogP) is 4.98. The lowest BCUT2D eigenvalue weighted by Gasteiger charge is -2.32. The second-order valence-corrected chi connectivity index (χ2v) is 7.98. The Balaban J connectivity index is 1.72. The highest BCUT2D eigenvalue weighted by atomic mass is 35.5. The van der Waals surface area contributed by atoms with E-state index >= 15 is 0 Å². The molecule has 30 heavy (non-hydrogen) atoms. The number of hydrogen-bond donors (Lipinski definition) is 1. The normalized spacial score (nSPS) is 21.5. The van der Waals surface area contributed by atoms with Crippen LogP contribution in [0.1, 0.15) is 29.2 Å². The van der Waals surface area contributed by atoms with Gasteiger partial charge in [-0.2, -0.15) is 23.5 Å². The first kappa shape index (κ1) is 20.7. The Hall–Kier alpha value is -2.60. The molecule has 1 aliphatic rings. The average Bonchev–Trinajstić information content (AvgIpc) is 3.37. The van der Waals surface area contributed by atoms with Crippen LogP contribution in [0.15, 0.2) is 49.1 Å². The average molecular weight is 452 g/mol. The minimum Gasteiger partial charge on any atom is -0.309 e. The zero-order valence-corrected chi connectivity index (χ0v) is 16.8. The zero-order chi connectivity index (χ0) is 21.5. The molecule has 4 rings (SSSR count). The summed E-state index contributed by atoms with van der Waals surface area (Å²) in [7, 11) is 0. The number of alkyl halides is 3. The SMILES string of the molecule is N#Cc1cc(C2CC(c3cc(Cl)cc(Cl)c3)(C(F)(F)F)CN2)ccc1-n1cncn1. The zero-order valence-electron chi connectivity index (χ0n) is 15.3. The summed E-state index contributed by atoms with van der Waals surface area (Å²) in [5.74, 6) is 0. The quantitative estimate of drug-likeness (QED) is 0.609.